The normalized spacial score (nSPS) is 10.9. The van der Waals surface area contributed by atoms with E-state index in [-0.39, 0.29) is 23.9 Å². The van der Waals surface area contributed by atoms with Crippen LogP contribution in [0.25, 0.3) is 5.69 Å². The van der Waals surface area contributed by atoms with E-state index in [0.29, 0.717) is 23.6 Å². The molecule has 0 radical (unpaired) electrons. The zero-order valence-electron chi connectivity index (χ0n) is 15.0. The molecule has 0 saturated carbocycles. The number of anilines is 1. The van der Waals surface area contributed by atoms with Crippen molar-refractivity contribution in [3.05, 3.63) is 71.7 Å². The van der Waals surface area contributed by atoms with Crippen molar-refractivity contribution in [3.63, 3.8) is 0 Å². The summed E-state index contributed by atoms with van der Waals surface area (Å²) < 4.78 is 43.3. The summed E-state index contributed by atoms with van der Waals surface area (Å²) in [5, 5.41) is 7.12. The number of nitrogens with one attached hydrogen (secondary N) is 1. The molecule has 3 rings (SSSR count). The number of hydrogen-bond acceptors (Lipinski definition) is 3. The molecule has 0 bridgehead atoms. The molecule has 0 aliphatic rings. The van der Waals surface area contributed by atoms with Crippen molar-refractivity contribution in [3.8, 4) is 11.4 Å². The summed E-state index contributed by atoms with van der Waals surface area (Å²) in [4.78, 5) is 12.3. The lowest BCUT2D eigenvalue weighted by Crippen LogP contribution is -2.15. The van der Waals surface area contributed by atoms with Crippen LogP contribution in [0.3, 0.4) is 0 Å². The summed E-state index contributed by atoms with van der Waals surface area (Å²) in [6.07, 6.45) is 0.632. The van der Waals surface area contributed by atoms with E-state index in [1.54, 1.807) is 37.3 Å². The number of alkyl halides is 2. The van der Waals surface area contributed by atoms with Crippen molar-refractivity contribution < 1.29 is 22.7 Å². The Kier molecular flexibility index (Phi) is 5.98. The lowest BCUT2D eigenvalue weighted by atomic mass is 10.1. The molecule has 1 amide bonds. The molecule has 1 heterocycles. The van der Waals surface area contributed by atoms with Crippen LogP contribution in [-0.4, -0.2) is 22.3 Å². The number of halogens is 3. The number of hydrogen-bond donors (Lipinski definition) is 1. The molecule has 0 unspecified atom stereocenters. The Morgan fingerprint density at radius 2 is 1.82 bits per heavy atom. The summed E-state index contributed by atoms with van der Waals surface area (Å²) >= 11 is 0. The van der Waals surface area contributed by atoms with Gasteiger partial charge < -0.3 is 10.1 Å². The van der Waals surface area contributed by atoms with Gasteiger partial charge in [0.1, 0.15) is 17.4 Å². The Morgan fingerprint density at radius 1 is 1.14 bits per heavy atom. The van der Waals surface area contributed by atoms with Gasteiger partial charge in [0.15, 0.2) is 0 Å². The highest BCUT2D eigenvalue weighted by atomic mass is 19.3. The first kappa shape index (κ1) is 19.5. The third-order valence-electron chi connectivity index (χ3n) is 3.96. The highest BCUT2D eigenvalue weighted by Gasteiger charge is 2.11. The van der Waals surface area contributed by atoms with E-state index in [9.17, 15) is 18.0 Å². The summed E-state index contributed by atoms with van der Waals surface area (Å²) in [6, 6.07) is 13.6. The number of rotatable bonds is 7. The van der Waals surface area contributed by atoms with Gasteiger partial charge in [-0.25, -0.2) is 9.07 Å². The summed E-state index contributed by atoms with van der Waals surface area (Å²) in [6.45, 7) is -1.08. The summed E-state index contributed by atoms with van der Waals surface area (Å²) in [5.74, 6) is -0.0315. The molecule has 28 heavy (non-hydrogen) atoms. The number of nitrogens with zero attached hydrogens (tertiary/aromatic N) is 2. The molecule has 8 heteroatoms. The number of carbonyl (C=O) groups excluding carboxylic acids is 1. The Labute approximate surface area is 159 Å². The quantitative estimate of drug-likeness (QED) is 0.648. The Hall–Kier alpha value is -3.29. The molecular weight excluding hydrogens is 371 g/mol. The van der Waals surface area contributed by atoms with Gasteiger partial charge in [0, 0.05) is 12.5 Å². The molecule has 0 spiro atoms. The lowest BCUT2D eigenvalue weighted by molar-refractivity contribution is -0.116. The first-order chi connectivity index (χ1) is 13.4. The fourth-order valence-corrected chi connectivity index (χ4v) is 2.67. The van der Waals surface area contributed by atoms with Crippen LogP contribution in [0.1, 0.15) is 17.7 Å². The predicted octanol–water partition coefficient (Wildman–Crippen LogP) is 4.49. The summed E-state index contributed by atoms with van der Waals surface area (Å²) in [7, 11) is 0. The maximum absolute atomic E-state index is 13.1. The minimum Gasteiger partial charge on any atom is -0.435 e. The smallest absolute Gasteiger partial charge is 0.387 e. The minimum atomic E-state index is -2.87. The average molecular weight is 389 g/mol. The van der Waals surface area contributed by atoms with Crippen molar-refractivity contribution in [2.75, 3.05) is 5.32 Å². The van der Waals surface area contributed by atoms with Crippen molar-refractivity contribution in [1.82, 2.24) is 9.78 Å². The highest BCUT2D eigenvalue weighted by Crippen LogP contribution is 2.19. The average Bonchev–Trinajstić information content (AvgIpc) is 3.01. The van der Waals surface area contributed by atoms with E-state index in [0.717, 1.165) is 5.56 Å². The van der Waals surface area contributed by atoms with Crippen LogP contribution < -0.4 is 10.1 Å². The molecule has 1 aromatic heterocycles. The van der Waals surface area contributed by atoms with Gasteiger partial charge in [0.2, 0.25) is 5.91 Å². The van der Waals surface area contributed by atoms with E-state index >= 15 is 0 Å². The highest BCUT2D eigenvalue weighted by molar-refractivity contribution is 5.90. The van der Waals surface area contributed by atoms with Crippen LogP contribution in [0.4, 0.5) is 19.0 Å². The fraction of sp³-hybridized carbons (Fsp3) is 0.200. The maximum atomic E-state index is 13.1. The largest absolute Gasteiger partial charge is 0.435 e. The second kappa shape index (κ2) is 8.60. The van der Waals surface area contributed by atoms with Gasteiger partial charge in [-0.2, -0.15) is 13.9 Å². The Balaban J connectivity index is 1.61. The zero-order chi connectivity index (χ0) is 20.1. The first-order valence-corrected chi connectivity index (χ1v) is 8.57. The van der Waals surface area contributed by atoms with Crippen LogP contribution in [0.2, 0.25) is 0 Å². The van der Waals surface area contributed by atoms with Crippen LogP contribution in [0.15, 0.2) is 54.6 Å². The molecule has 1 N–H and O–H groups in total. The molecule has 0 aliphatic carbocycles. The van der Waals surface area contributed by atoms with E-state index in [1.807, 2.05) is 0 Å². The fourth-order valence-electron chi connectivity index (χ4n) is 2.67. The van der Waals surface area contributed by atoms with Crippen molar-refractivity contribution >= 4 is 11.7 Å². The third kappa shape index (κ3) is 5.12. The monoisotopic (exact) mass is 389 g/mol. The van der Waals surface area contributed by atoms with Crippen LogP contribution in [0.5, 0.6) is 5.75 Å². The molecule has 0 atom stereocenters. The Bertz CT molecular complexity index is 938. The molecular formula is C20H18F3N3O2. The van der Waals surface area contributed by atoms with E-state index in [4.69, 9.17) is 0 Å². The molecule has 2 aromatic carbocycles. The zero-order valence-corrected chi connectivity index (χ0v) is 15.0. The van der Waals surface area contributed by atoms with Gasteiger partial charge in [-0.05, 0) is 55.3 Å². The standard InChI is InChI=1S/C20H18F3N3O2/c1-13-12-18(26(25-13)16-7-5-15(21)6-8-16)24-19(27)11-4-14-2-9-17(10-3-14)28-20(22)23/h2-3,5-10,12,20H,4,11H2,1H3,(H,24,27). The van der Waals surface area contributed by atoms with E-state index < -0.39 is 6.61 Å². The SMILES string of the molecule is Cc1cc(NC(=O)CCc2ccc(OC(F)F)cc2)n(-c2ccc(F)cc2)n1. The number of aromatic nitrogens is 2. The number of amides is 1. The van der Waals surface area contributed by atoms with Crippen molar-refractivity contribution in [1.29, 1.82) is 0 Å². The van der Waals surface area contributed by atoms with Gasteiger partial charge in [0.05, 0.1) is 11.4 Å². The van der Waals surface area contributed by atoms with E-state index in [2.05, 4.69) is 15.2 Å². The Morgan fingerprint density at radius 3 is 2.46 bits per heavy atom. The predicted molar refractivity (Wildman–Crippen MR) is 98.3 cm³/mol. The second-order valence-corrected chi connectivity index (χ2v) is 6.13. The first-order valence-electron chi connectivity index (χ1n) is 8.57. The van der Waals surface area contributed by atoms with Gasteiger partial charge in [0.25, 0.3) is 0 Å². The summed E-state index contributed by atoms with van der Waals surface area (Å²) in [5.41, 5.74) is 2.15. The molecule has 0 fully saturated rings. The topological polar surface area (TPSA) is 56.1 Å². The number of ether oxygens (including phenoxy) is 1. The van der Waals surface area contributed by atoms with Crippen LogP contribution >= 0.6 is 0 Å². The molecule has 5 nitrogen and oxygen atoms in total. The van der Waals surface area contributed by atoms with Crippen molar-refractivity contribution in [2.45, 2.75) is 26.4 Å². The van der Waals surface area contributed by atoms with Gasteiger partial charge >= 0.3 is 6.61 Å². The molecule has 3 aromatic rings. The van der Waals surface area contributed by atoms with Crippen LogP contribution in [-0.2, 0) is 11.2 Å². The minimum absolute atomic E-state index is 0.0712. The lowest BCUT2D eigenvalue weighted by Gasteiger charge is -2.09. The molecule has 146 valence electrons. The molecule has 0 aliphatic heterocycles. The number of carbonyl (C=O) groups is 1. The van der Waals surface area contributed by atoms with Gasteiger partial charge in [-0.1, -0.05) is 12.1 Å². The van der Waals surface area contributed by atoms with E-state index in [1.165, 1.54) is 28.9 Å². The number of benzene rings is 2. The van der Waals surface area contributed by atoms with Gasteiger partial charge in [-0.15, -0.1) is 0 Å². The molecule has 0 saturated heterocycles. The number of aryl methyl sites for hydroxylation is 2. The van der Waals surface area contributed by atoms with Crippen LogP contribution in [0, 0.1) is 12.7 Å². The second-order valence-electron chi connectivity index (χ2n) is 6.13. The maximum Gasteiger partial charge on any atom is 0.387 e. The third-order valence-corrected chi connectivity index (χ3v) is 3.96. The van der Waals surface area contributed by atoms with Crippen molar-refractivity contribution in [2.24, 2.45) is 0 Å². The van der Waals surface area contributed by atoms with Gasteiger partial charge in [-0.3, -0.25) is 4.79 Å².